The van der Waals surface area contributed by atoms with E-state index in [1.54, 1.807) is 66.7 Å². The molecule has 0 aromatic heterocycles. The molecule has 3 aromatic rings. The highest BCUT2D eigenvalue weighted by Gasteiger charge is 2.08. The van der Waals surface area contributed by atoms with Crippen LogP contribution >= 0.6 is 0 Å². The molecule has 128 valence electrons. The molecule has 0 aliphatic heterocycles. The van der Waals surface area contributed by atoms with Crippen LogP contribution in [-0.4, -0.2) is 11.8 Å². The molecule has 0 aliphatic carbocycles. The van der Waals surface area contributed by atoms with Crippen molar-refractivity contribution in [2.75, 3.05) is 0 Å². The Balaban J connectivity index is 1.64. The molecule has 0 heterocycles. The van der Waals surface area contributed by atoms with Crippen molar-refractivity contribution in [2.45, 2.75) is 0 Å². The summed E-state index contributed by atoms with van der Waals surface area (Å²) in [5.41, 5.74) is 1.64. The van der Waals surface area contributed by atoms with Gasteiger partial charge in [0, 0.05) is 5.56 Å². The van der Waals surface area contributed by atoms with E-state index in [4.69, 9.17) is 4.74 Å². The number of esters is 1. The van der Waals surface area contributed by atoms with Crippen molar-refractivity contribution in [1.29, 1.82) is 0 Å². The quantitative estimate of drug-likeness (QED) is 0.284. The Morgan fingerprint density at radius 1 is 0.769 bits per heavy atom. The van der Waals surface area contributed by atoms with Gasteiger partial charge < -0.3 is 4.74 Å². The van der Waals surface area contributed by atoms with E-state index in [9.17, 15) is 14.0 Å². The Morgan fingerprint density at radius 2 is 1.42 bits per heavy atom. The number of hydrogen-bond acceptors (Lipinski definition) is 3. The Morgan fingerprint density at radius 3 is 2.08 bits per heavy atom. The number of carbonyl (C=O) groups excluding carboxylic acids is 2. The molecule has 0 fully saturated rings. The molecule has 0 amide bonds. The number of hydrogen-bond donors (Lipinski definition) is 0. The fourth-order valence-electron chi connectivity index (χ4n) is 2.27. The molecule has 0 N–H and O–H groups in total. The van der Waals surface area contributed by atoms with Gasteiger partial charge in [0.15, 0.2) is 5.78 Å². The third-order valence-electron chi connectivity index (χ3n) is 3.66. The summed E-state index contributed by atoms with van der Waals surface area (Å²) in [6, 6.07) is 20.8. The first-order chi connectivity index (χ1) is 12.6. The maximum absolute atomic E-state index is 12.9. The highest BCUT2D eigenvalue weighted by molar-refractivity contribution is 6.06. The van der Waals surface area contributed by atoms with E-state index in [0.29, 0.717) is 16.9 Å². The number of allylic oxidation sites excluding steroid dienone is 1. The van der Waals surface area contributed by atoms with Gasteiger partial charge in [0.05, 0.1) is 5.56 Å². The zero-order valence-corrected chi connectivity index (χ0v) is 13.8. The predicted molar refractivity (Wildman–Crippen MR) is 97.6 cm³/mol. The van der Waals surface area contributed by atoms with Crippen LogP contribution in [0.1, 0.15) is 26.3 Å². The lowest BCUT2D eigenvalue weighted by Crippen LogP contribution is -2.08. The number of rotatable bonds is 5. The van der Waals surface area contributed by atoms with E-state index in [-0.39, 0.29) is 11.6 Å². The summed E-state index contributed by atoms with van der Waals surface area (Å²) in [6.07, 6.45) is 3.03. The number of benzene rings is 3. The summed E-state index contributed by atoms with van der Waals surface area (Å²) in [4.78, 5) is 24.2. The van der Waals surface area contributed by atoms with Gasteiger partial charge in [-0.3, -0.25) is 4.79 Å². The molecule has 0 aliphatic rings. The maximum atomic E-state index is 12.9. The van der Waals surface area contributed by atoms with Crippen molar-refractivity contribution in [1.82, 2.24) is 0 Å². The normalized spacial score (nSPS) is 10.7. The molecule has 3 rings (SSSR count). The van der Waals surface area contributed by atoms with Gasteiger partial charge in [0.2, 0.25) is 0 Å². The van der Waals surface area contributed by atoms with Crippen molar-refractivity contribution < 1.29 is 18.7 Å². The molecule has 3 aromatic carbocycles. The molecule has 3 nitrogen and oxygen atoms in total. The van der Waals surface area contributed by atoms with Crippen LogP contribution in [0, 0.1) is 5.82 Å². The third kappa shape index (κ3) is 4.51. The first kappa shape index (κ1) is 17.3. The standard InChI is InChI=1S/C22H15FO3/c23-19-11-6-16(7-12-19)8-15-21(24)17-9-13-20(14-10-17)26-22(25)18-4-2-1-3-5-18/h1-15H/b15-8+. The Kier molecular flexibility index (Phi) is 5.34. The zero-order chi connectivity index (χ0) is 18.4. The highest BCUT2D eigenvalue weighted by atomic mass is 19.1. The van der Waals surface area contributed by atoms with Crippen molar-refractivity contribution in [3.8, 4) is 5.75 Å². The van der Waals surface area contributed by atoms with Gasteiger partial charge in [0.1, 0.15) is 11.6 Å². The van der Waals surface area contributed by atoms with Gasteiger partial charge in [-0.15, -0.1) is 0 Å². The fourth-order valence-corrected chi connectivity index (χ4v) is 2.27. The molecule has 0 spiro atoms. The molecule has 0 saturated heterocycles. The van der Waals surface area contributed by atoms with Gasteiger partial charge in [-0.1, -0.05) is 36.4 Å². The van der Waals surface area contributed by atoms with Crippen LogP contribution in [0.15, 0.2) is 84.9 Å². The number of ether oxygens (including phenoxy) is 1. The molecule has 0 unspecified atom stereocenters. The van der Waals surface area contributed by atoms with E-state index >= 15 is 0 Å². The second kappa shape index (κ2) is 8.03. The van der Waals surface area contributed by atoms with E-state index < -0.39 is 5.97 Å². The van der Waals surface area contributed by atoms with Gasteiger partial charge in [-0.05, 0) is 60.2 Å². The van der Waals surface area contributed by atoms with E-state index in [1.165, 1.54) is 18.2 Å². The van der Waals surface area contributed by atoms with Gasteiger partial charge >= 0.3 is 5.97 Å². The average molecular weight is 346 g/mol. The monoisotopic (exact) mass is 346 g/mol. The lowest BCUT2D eigenvalue weighted by Gasteiger charge is -2.04. The summed E-state index contributed by atoms with van der Waals surface area (Å²) >= 11 is 0. The van der Waals surface area contributed by atoms with Gasteiger partial charge in [0.25, 0.3) is 0 Å². The second-order valence-corrected chi connectivity index (χ2v) is 5.53. The van der Waals surface area contributed by atoms with Crippen LogP contribution in [0.5, 0.6) is 5.75 Å². The van der Waals surface area contributed by atoms with Crippen molar-refractivity contribution in [2.24, 2.45) is 0 Å². The Labute approximate surface area is 150 Å². The molecular weight excluding hydrogens is 331 g/mol. The maximum Gasteiger partial charge on any atom is 0.343 e. The summed E-state index contributed by atoms with van der Waals surface area (Å²) < 4.78 is 18.1. The number of carbonyl (C=O) groups is 2. The van der Waals surface area contributed by atoms with E-state index in [0.717, 1.165) is 5.56 Å². The summed E-state index contributed by atoms with van der Waals surface area (Å²) in [5, 5.41) is 0. The van der Waals surface area contributed by atoms with Crippen molar-refractivity contribution in [3.05, 3.63) is 107 Å². The highest BCUT2D eigenvalue weighted by Crippen LogP contribution is 2.15. The lowest BCUT2D eigenvalue weighted by atomic mass is 10.1. The average Bonchev–Trinajstić information content (AvgIpc) is 2.68. The molecule has 0 saturated carbocycles. The van der Waals surface area contributed by atoms with Crippen molar-refractivity contribution >= 4 is 17.8 Å². The van der Waals surface area contributed by atoms with E-state index in [1.807, 2.05) is 6.07 Å². The zero-order valence-electron chi connectivity index (χ0n) is 13.8. The fraction of sp³-hybridized carbons (Fsp3) is 0. The first-order valence-corrected chi connectivity index (χ1v) is 7.97. The lowest BCUT2D eigenvalue weighted by molar-refractivity contribution is 0.0734. The summed E-state index contributed by atoms with van der Waals surface area (Å²) in [6.45, 7) is 0. The molecule has 26 heavy (non-hydrogen) atoms. The largest absolute Gasteiger partial charge is 0.423 e. The Hall–Kier alpha value is -3.53. The third-order valence-corrected chi connectivity index (χ3v) is 3.66. The smallest absolute Gasteiger partial charge is 0.343 e. The first-order valence-electron chi connectivity index (χ1n) is 7.97. The van der Waals surface area contributed by atoms with Crippen LogP contribution in [0.3, 0.4) is 0 Å². The molecule has 0 radical (unpaired) electrons. The minimum Gasteiger partial charge on any atom is -0.423 e. The van der Waals surface area contributed by atoms with Crippen LogP contribution in [0.2, 0.25) is 0 Å². The van der Waals surface area contributed by atoms with Crippen LogP contribution < -0.4 is 4.74 Å². The SMILES string of the molecule is O=C(/C=C/c1ccc(F)cc1)c1ccc(OC(=O)c2ccccc2)cc1. The topological polar surface area (TPSA) is 43.4 Å². The molecule has 4 heteroatoms. The molecule has 0 bridgehead atoms. The summed E-state index contributed by atoms with van der Waals surface area (Å²) in [5.74, 6) is -0.622. The minimum absolute atomic E-state index is 0.199. The van der Waals surface area contributed by atoms with Crippen LogP contribution in [-0.2, 0) is 0 Å². The number of halogens is 1. The number of ketones is 1. The van der Waals surface area contributed by atoms with Crippen molar-refractivity contribution in [3.63, 3.8) is 0 Å². The van der Waals surface area contributed by atoms with Crippen LogP contribution in [0.4, 0.5) is 4.39 Å². The molecular formula is C22H15FO3. The van der Waals surface area contributed by atoms with Gasteiger partial charge in [-0.2, -0.15) is 0 Å². The summed E-state index contributed by atoms with van der Waals surface area (Å²) in [7, 11) is 0. The van der Waals surface area contributed by atoms with Gasteiger partial charge in [-0.25, -0.2) is 9.18 Å². The predicted octanol–water partition coefficient (Wildman–Crippen LogP) is 4.94. The van der Waals surface area contributed by atoms with E-state index in [2.05, 4.69) is 0 Å². The molecule has 0 atom stereocenters. The minimum atomic E-state index is -0.458. The van der Waals surface area contributed by atoms with Crippen LogP contribution in [0.25, 0.3) is 6.08 Å². The Bertz CT molecular complexity index is 927. The second-order valence-electron chi connectivity index (χ2n) is 5.53.